The Labute approximate surface area is 131 Å². The molecule has 6 nitrogen and oxygen atoms in total. The summed E-state index contributed by atoms with van der Waals surface area (Å²) in [4.78, 5) is 31.2. The molecule has 7 heteroatoms. The molecule has 1 aliphatic carbocycles. The summed E-state index contributed by atoms with van der Waals surface area (Å²) in [5.41, 5.74) is 6.10. The van der Waals surface area contributed by atoms with Crippen LogP contribution in [0, 0.1) is 0 Å². The van der Waals surface area contributed by atoms with Crippen molar-refractivity contribution in [2.75, 3.05) is 0 Å². The molecule has 2 atom stereocenters. The Morgan fingerprint density at radius 2 is 1.95 bits per heavy atom. The third kappa shape index (κ3) is 2.92. The number of rotatable bonds is 4. The first-order chi connectivity index (χ1) is 10.6. The smallest absolute Gasteiger partial charge is 0.272 e. The van der Waals surface area contributed by atoms with Crippen LogP contribution in [0.5, 0.6) is 0 Å². The summed E-state index contributed by atoms with van der Waals surface area (Å²) in [5.74, 6) is -1.01. The summed E-state index contributed by atoms with van der Waals surface area (Å²) in [6.07, 6.45) is 3.49. The number of nitrogens with two attached hydrogens (primary N) is 1. The summed E-state index contributed by atoms with van der Waals surface area (Å²) >= 11 is 5.96. The van der Waals surface area contributed by atoms with E-state index in [4.69, 9.17) is 17.3 Å². The normalized spacial score (nSPS) is 19.5. The Balaban J connectivity index is 1.71. The molecule has 1 saturated carbocycles. The van der Waals surface area contributed by atoms with Crippen molar-refractivity contribution in [3.05, 3.63) is 58.6 Å². The number of amides is 2. The Bertz CT molecular complexity index is 750. The van der Waals surface area contributed by atoms with E-state index in [1.807, 2.05) is 18.2 Å². The van der Waals surface area contributed by atoms with Gasteiger partial charge in [0.2, 0.25) is 0 Å². The zero-order chi connectivity index (χ0) is 15.7. The van der Waals surface area contributed by atoms with E-state index in [-0.39, 0.29) is 23.3 Å². The third-order valence-electron chi connectivity index (χ3n) is 3.53. The van der Waals surface area contributed by atoms with E-state index in [0.29, 0.717) is 5.02 Å². The average molecular weight is 317 g/mol. The van der Waals surface area contributed by atoms with Gasteiger partial charge in [0, 0.05) is 29.4 Å². The number of nitrogens with zero attached hydrogens (tertiary/aromatic N) is 2. The van der Waals surface area contributed by atoms with Crippen LogP contribution in [0.15, 0.2) is 36.7 Å². The first-order valence-electron chi connectivity index (χ1n) is 6.73. The molecular weight excluding hydrogens is 304 g/mol. The molecule has 0 saturated heterocycles. The number of carbonyl (C=O) groups excluding carboxylic acids is 2. The molecule has 112 valence electrons. The monoisotopic (exact) mass is 316 g/mol. The van der Waals surface area contributed by atoms with Crippen LogP contribution in [-0.4, -0.2) is 27.8 Å². The maximum absolute atomic E-state index is 12.2. The second-order valence-corrected chi connectivity index (χ2v) is 5.53. The summed E-state index contributed by atoms with van der Waals surface area (Å²) in [6, 6.07) is 7.53. The molecule has 0 unspecified atom stereocenters. The van der Waals surface area contributed by atoms with Crippen LogP contribution in [0.3, 0.4) is 0 Å². The average Bonchev–Trinajstić information content (AvgIpc) is 3.26. The van der Waals surface area contributed by atoms with Gasteiger partial charge in [-0.1, -0.05) is 23.7 Å². The number of primary amides is 1. The van der Waals surface area contributed by atoms with Gasteiger partial charge in [-0.05, 0) is 24.1 Å². The van der Waals surface area contributed by atoms with Crippen molar-refractivity contribution >= 4 is 23.4 Å². The van der Waals surface area contributed by atoms with Crippen LogP contribution in [0.4, 0.5) is 0 Å². The second kappa shape index (κ2) is 5.73. The van der Waals surface area contributed by atoms with E-state index in [1.165, 1.54) is 12.4 Å². The van der Waals surface area contributed by atoms with E-state index in [2.05, 4.69) is 15.3 Å². The highest BCUT2D eigenvalue weighted by Crippen LogP contribution is 2.41. The Hall–Kier alpha value is -2.47. The van der Waals surface area contributed by atoms with Crippen molar-refractivity contribution < 1.29 is 9.59 Å². The van der Waals surface area contributed by atoms with Gasteiger partial charge in [0.15, 0.2) is 11.4 Å². The second-order valence-electron chi connectivity index (χ2n) is 5.09. The molecule has 3 N–H and O–H groups in total. The third-order valence-corrected chi connectivity index (χ3v) is 3.77. The maximum Gasteiger partial charge on any atom is 0.272 e. The fourth-order valence-corrected chi connectivity index (χ4v) is 2.58. The maximum atomic E-state index is 12.2. The van der Waals surface area contributed by atoms with Crippen molar-refractivity contribution in [2.45, 2.75) is 18.4 Å². The van der Waals surface area contributed by atoms with Gasteiger partial charge >= 0.3 is 0 Å². The topological polar surface area (TPSA) is 98.0 Å². The van der Waals surface area contributed by atoms with Crippen molar-refractivity contribution in [1.82, 2.24) is 15.3 Å². The summed E-state index contributed by atoms with van der Waals surface area (Å²) in [6.45, 7) is 0. The lowest BCUT2D eigenvalue weighted by atomic mass is 10.1. The van der Waals surface area contributed by atoms with Crippen molar-refractivity contribution in [2.24, 2.45) is 5.73 Å². The molecule has 0 spiro atoms. The molecule has 2 amide bonds. The highest BCUT2D eigenvalue weighted by molar-refractivity contribution is 6.30. The molecule has 0 radical (unpaired) electrons. The number of hydrogen-bond acceptors (Lipinski definition) is 4. The van der Waals surface area contributed by atoms with Crippen molar-refractivity contribution in [3.63, 3.8) is 0 Å². The van der Waals surface area contributed by atoms with Gasteiger partial charge in [0.1, 0.15) is 0 Å². The van der Waals surface area contributed by atoms with Crippen LogP contribution in [0.2, 0.25) is 5.02 Å². The van der Waals surface area contributed by atoms with Crippen LogP contribution >= 0.6 is 11.6 Å². The molecule has 1 aromatic heterocycles. The quantitative estimate of drug-likeness (QED) is 0.893. The van der Waals surface area contributed by atoms with Crippen molar-refractivity contribution in [3.8, 4) is 0 Å². The zero-order valence-corrected chi connectivity index (χ0v) is 12.2. The van der Waals surface area contributed by atoms with Gasteiger partial charge in [-0.2, -0.15) is 0 Å². The van der Waals surface area contributed by atoms with Gasteiger partial charge in [-0.3, -0.25) is 9.59 Å². The van der Waals surface area contributed by atoms with E-state index >= 15 is 0 Å². The van der Waals surface area contributed by atoms with Gasteiger partial charge in [0.25, 0.3) is 11.8 Å². The number of carbonyl (C=O) groups is 2. The molecule has 1 aliphatic rings. The van der Waals surface area contributed by atoms with Gasteiger partial charge < -0.3 is 11.1 Å². The molecule has 1 aromatic carbocycles. The largest absolute Gasteiger partial charge is 0.364 e. The fourth-order valence-electron chi connectivity index (χ4n) is 2.38. The molecule has 2 aromatic rings. The molecule has 1 fully saturated rings. The van der Waals surface area contributed by atoms with E-state index in [1.54, 1.807) is 6.07 Å². The Morgan fingerprint density at radius 1 is 1.23 bits per heavy atom. The van der Waals surface area contributed by atoms with Crippen LogP contribution < -0.4 is 11.1 Å². The fraction of sp³-hybridized carbons (Fsp3) is 0.200. The Kier molecular flexibility index (Phi) is 3.77. The van der Waals surface area contributed by atoms with Crippen LogP contribution in [0.25, 0.3) is 0 Å². The minimum atomic E-state index is -0.777. The number of benzene rings is 1. The number of halogens is 1. The highest BCUT2D eigenvalue weighted by Gasteiger charge is 2.40. The number of hydrogen-bond donors (Lipinski definition) is 2. The minimum absolute atomic E-state index is 0.00583. The molecule has 0 bridgehead atoms. The first-order valence-corrected chi connectivity index (χ1v) is 7.11. The van der Waals surface area contributed by atoms with Crippen molar-refractivity contribution in [1.29, 1.82) is 0 Å². The zero-order valence-electron chi connectivity index (χ0n) is 11.5. The van der Waals surface area contributed by atoms with Gasteiger partial charge in [0.05, 0.1) is 0 Å². The van der Waals surface area contributed by atoms with Crippen LogP contribution in [-0.2, 0) is 0 Å². The van der Waals surface area contributed by atoms with Crippen LogP contribution in [0.1, 0.15) is 38.9 Å². The molecular formula is C15H13ClN4O2. The minimum Gasteiger partial charge on any atom is -0.364 e. The molecule has 1 heterocycles. The first kappa shape index (κ1) is 14.5. The number of aromatic nitrogens is 2. The number of nitrogens with one attached hydrogen (secondary N) is 1. The lowest BCUT2D eigenvalue weighted by molar-refractivity contribution is 0.0925. The van der Waals surface area contributed by atoms with E-state index in [9.17, 15) is 9.59 Å². The summed E-state index contributed by atoms with van der Waals surface area (Å²) in [7, 11) is 0. The predicted octanol–water partition coefficient (Wildman–Crippen LogP) is 1.51. The lowest BCUT2D eigenvalue weighted by Gasteiger charge is -2.06. The lowest BCUT2D eigenvalue weighted by Crippen LogP contribution is -2.30. The predicted molar refractivity (Wildman–Crippen MR) is 80.6 cm³/mol. The van der Waals surface area contributed by atoms with Gasteiger partial charge in [-0.15, -0.1) is 0 Å². The Morgan fingerprint density at radius 3 is 2.64 bits per heavy atom. The summed E-state index contributed by atoms with van der Waals surface area (Å²) in [5, 5.41) is 3.51. The molecule has 0 aliphatic heterocycles. The van der Waals surface area contributed by atoms with E-state index in [0.717, 1.165) is 12.0 Å². The van der Waals surface area contributed by atoms with Gasteiger partial charge in [-0.25, -0.2) is 9.97 Å². The SMILES string of the molecule is NC(=O)c1nccnc1C(=O)N[C@@H]1C[C@H]1c1cccc(Cl)c1. The summed E-state index contributed by atoms with van der Waals surface area (Å²) < 4.78 is 0. The highest BCUT2D eigenvalue weighted by atomic mass is 35.5. The standard InChI is InChI=1S/C15H13ClN4O2/c16-9-3-1-2-8(6-9)10-7-11(10)20-15(22)13-12(14(17)21)18-4-5-19-13/h1-6,10-11H,7H2,(H2,17,21)(H,20,22)/t10-,11+/m0/s1. The van der Waals surface area contributed by atoms with E-state index < -0.39 is 11.8 Å². The molecule has 22 heavy (non-hydrogen) atoms. The molecule has 3 rings (SSSR count).